The number of aliphatic hydroxyl groups is 1. The summed E-state index contributed by atoms with van der Waals surface area (Å²) in [5, 5.41) is 18.8. The predicted octanol–water partition coefficient (Wildman–Crippen LogP) is 3.88. The number of hydrogen-bond acceptors (Lipinski definition) is 6. The number of amides is 1. The zero-order chi connectivity index (χ0) is 25.5. The molecule has 4 N–H and O–H groups in total. The van der Waals surface area contributed by atoms with Crippen LogP contribution >= 0.6 is 27.5 Å². The average molecular weight is 592 g/mol. The van der Waals surface area contributed by atoms with Crippen molar-refractivity contribution in [3.8, 4) is 0 Å². The molecule has 4 rings (SSSR count). The third-order valence-electron chi connectivity index (χ3n) is 7.11. The van der Waals surface area contributed by atoms with E-state index in [4.69, 9.17) is 17.3 Å². The van der Waals surface area contributed by atoms with Crippen LogP contribution in [0.4, 0.5) is 15.9 Å². The fourth-order valence-electron chi connectivity index (χ4n) is 5.71. The van der Waals surface area contributed by atoms with Crippen molar-refractivity contribution in [1.29, 1.82) is 0 Å². The number of carbonyl (C=O) groups excluding carboxylic acids is 1. The van der Waals surface area contributed by atoms with Gasteiger partial charge in [-0.05, 0) is 62.1 Å². The van der Waals surface area contributed by atoms with Crippen molar-refractivity contribution in [1.82, 2.24) is 9.78 Å². The fraction of sp³-hybridized carbons (Fsp3) is 0.565. The molecular formula is C23H29BrClFN4O4S. The molecular weight excluding hydrogens is 563 g/mol. The molecule has 1 aromatic heterocycles. The van der Waals surface area contributed by atoms with Gasteiger partial charge in [0.1, 0.15) is 17.2 Å². The first-order chi connectivity index (χ1) is 16.4. The highest BCUT2D eigenvalue weighted by Crippen LogP contribution is 2.54. The maximum atomic E-state index is 13.5. The second kappa shape index (κ2) is 9.99. The molecule has 192 valence electrons. The van der Waals surface area contributed by atoms with E-state index < -0.39 is 27.2 Å². The lowest BCUT2D eigenvalue weighted by Crippen LogP contribution is -2.36. The number of nitrogens with one attached hydrogen (secondary N) is 1. The lowest BCUT2D eigenvalue weighted by molar-refractivity contribution is 0.0611. The van der Waals surface area contributed by atoms with E-state index >= 15 is 0 Å². The van der Waals surface area contributed by atoms with Gasteiger partial charge in [-0.25, -0.2) is 12.8 Å². The Kier molecular flexibility index (Phi) is 7.53. The topological polar surface area (TPSA) is 127 Å². The van der Waals surface area contributed by atoms with Gasteiger partial charge in [0, 0.05) is 24.0 Å². The molecule has 1 aromatic carbocycles. The summed E-state index contributed by atoms with van der Waals surface area (Å²) in [6, 6.07) is 3.91. The van der Waals surface area contributed by atoms with Gasteiger partial charge in [0.05, 0.1) is 27.8 Å². The van der Waals surface area contributed by atoms with Crippen LogP contribution in [-0.2, 0) is 16.9 Å². The van der Waals surface area contributed by atoms with Crippen molar-refractivity contribution in [2.45, 2.75) is 43.6 Å². The Balaban J connectivity index is 1.48. The molecule has 2 aromatic rings. The van der Waals surface area contributed by atoms with Crippen LogP contribution in [0.2, 0.25) is 5.02 Å². The van der Waals surface area contributed by atoms with E-state index in [9.17, 15) is 22.7 Å². The van der Waals surface area contributed by atoms with E-state index in [1.807, 2.05) is 0 Å². The van der Waals surface area contributed by atoms with E-state index in [-0.39, 0.29) is 45.7 Å². The lowest BCUT2D eigenvalue weighted by atomic mass is 9.92. The lowest BCUT2D eigenvalue weighted by Gasteiger charge is -2.24. The van der Waals surface area contributed by atoms with Gasteiger partial charge >= 0.3 is 0 Å². The van der Waals surface area contributed by atoms with E-state index in [0.29, 0.717) is 48.8 Å². The molecule has 0 spiro atoms. The van der Waals surface area contributed by atoms with Crippen molar-refractivity contribution in [3.63, 3.8) is 0 Å². The summed E-state index contributed by atoms with van der Waals surface area (Å²) in [7, 11) is -1.67. The fourth-order valence-corrected chi connectivity index (χ4v) is 8.33. The second-order valence-corrected chi connectivity index (χ2v) is 13.2. The molecule has 0 aliphatic heterocycles. The van der Waals surface area contributed by atoms with Gasteiger partial charge in [0.15, 0.2) is 9.84 Å². The number of alkyl halides is 1. The van der Waals surface area contributed by atoms with Crippen LogP contribution < -0.4 is 11.1 Å². The van der Waals surface area contributed by atoms with Crippen molar-refractivity contribution in [3.05, 3.63) is 40.3 Å². The minimum atomic E-state index is -3.34. The highest BCUT2D eigenvalue weighted by atomic mass is 79.9. The van der Waals surface area contributed by atoms with Crippen LogP contribution in [0.3, 0.4) is 0 Å². The van der Waals surface area contributed by atoms with Gasteiger partial charge in [-0.3, -0.25) is 9.48 Å². The number of benzene rings is 1. The standard InChI is InChI=1S/C23H29BrClFN4O4S/c1-30-21(27)19(22(31)28-16-3-4-18(26)17(25)9-16)20(29-30)13-7-14-10-23(32,11-15(14)8-13)12-35(33,34)6-2-5-24/h3-4,9,13-15,32H,2,5-8,10-12,27H2,1H3,(H,28,31). The van der Waals surface area contributed by atoms with Gasteiger partial charge in [-0.15, -0.1) is 0 Å². The van der Waals surface area contributed by atoms with Gasteiger partial charge in [0.2, 0.25) is 0 Å². The summed E-state index contributed by atoms with van der Waals surface area (Å²) in [6.07, 6.45) is 2.73. The molecule has 0 radical (unpaired) electrons. The minimum absolute atomic E-state index is 0.0411. The smallest absolute Gasteiger partial charge is 0.261 e. The largest absolute Gasteiger partial charge is 0.389 e. The van der Waals surface area contributed by atoms with Crippen molar-refractivity contribution < 1.29 is 22.7 Å². The summed E-state index contributed by atoms with van der Waals surface area (Å²) in [6.45, 7) is 0. The van der Waals surface area contributed by atoms with Crippen LogP contribution in [0.15, 0.2) is 18.2 Å². The first kappa shape index (κ1) is 26.4. The molecule has 2 aliphatic carbocycles. The molecule has 1 amide bonds. The number of nitrogens with zero attached hydrogens (tertiary/aromatic N) is 2. The highest BCUT2D eigenvalue weighted by molar-refractivity contribution is 9.09. The third kappa shape index (κ3) is 5.68. The second-order valence-electron chi connectivity index (χ2n) is 9.81. The quantitative estimate of drug-likeness (QED) is 0.400. The monoisotopic (exact) mass is 590 g/mol. The molecule has 0 bridgehead atoms. The number of halogens is 3. The van der Waals surface area contributed by atoms with Gasteiger partial charge in [0.25, 0.3) is 5.91 Å². The summed E-state index contributed by atoms with van der Waals surface area (Å²) in [5.74, 6) is -0.728. The maximum Gasteiger partial charge on any atom is 0.261 e. The Bertz CT molecular complexity index is 1220. The maximum absolute atomic E-state index is 13.5. The first-order valence-corrected chi connectivity index (χ1v) is 14.8. The van der Waals surface area contributed by atoms with Gasteiger partial charge in [-0.2, -0.15) is 5.10 Å². The van der Waals surface area contributed by atoms with E-state index in [2.05, 4.69) is 26.3 Å². The molecule has 8 nitrogen and oxygen atoms in total. The van der Waals surface area contributed by atoms with Crippen molar-refractivity contribution >= 4 is 54.8 Å². The number of aromatic nitrogens is 2. The number of carbonyl (C=O) groups is 1. The zero-order valence-electron chi connectivity index (χ0n) is 19.3. The Labute approximate surface area is 217 Å². The molecule has 2 fully saturated rings. The predicted molar refractivity (Wildman–Crippen MR) is 137 cm³/mol. The number of hydrogen-bond donors (Lipinski definition) is 3. The van der Waals surface area contributed by atoms with E-state index in [0.717, 1.165) is 0 Å². The summed E-state index contributed by atoms with van der Waals surface area (Å²) >= 11 is 9.08. The number of fused-ring (bicyclic) bond motifs is 1. The normalized spacial score (nSPS) is 26.1. The highest BCUT2D eigenvalue weighted by Gasteiger charge is 2.51. The molecule has 35 heavy (non-hydrogen) atoms. The SMILES string of the molecule is Cn1nc(C2CC3CC(O)(CS(=O)(=O)CCCBr)CC3C2)c(C(=O)Nc2ccc(F)c(Cl)c2)c1N. The van der Waals surface area contributed by atoms with Gasteiger partial charge < -0.3 is 16.2 Å². The Morgan fingerprint density at radius 1 is 1.37 bits per heavy atom. The molecule has 2 unspecified atom stereocenters. The molecule has 1 heterocycles. The zero-order valence-corrected chi connectivity index (χ0v) is 22.5. The van der Waals surface area contributed by atoms with Crippen molar-refractivity contribution in [2.24, 2.45) is 18.9 Å². The van der Waals surface area contributed by atoms with E-state index in [1.165, 1.54) is 22.9 Å². The van der Waals surface area contributed by atoms with Crippen LogP contribution in [0.1, 0.15) is 54.1 Å². The van der Waals surface area contributed by atoms with E-state index in [1.54, 1.807) is 7.05 Å². The van der Waals surface area contributed by atoms with Crippen LogP contribution in [0.5, 0.6) is 0 Å². The number of nitrogens with two attached hydrogens (primary N) is 1. The average Bonchev–Trinajstić information content (AvgIpc) is 3.37. The Hall–Kier alpha value is -1.69. The van der Waals surface area contributed by atoms with Crippen molar-refractivity contribution in [2.75, 3.05) is 27.9 Å². The number of aryl methyl sites for hydroxylation is 1. The summed E-state index contributed by atoms with van der Waals surface area (Å²) in [5.41, 5.74) is 6.17. The minimum Gasteiger partial charge on any atom is -0.389 e. The number of rotatable bonds is 8. The molecule has 12 heteroatoms. The molecule has 0 saturated heterocycles. The number of anilines is 2. The first-order valence-electron chi connectivity index (χ1n) is 11.5. The molecule has 2 atom stereocenters. The van der Waals surface area contributed by atoms with Crippen LogP contribution in [0, 0.1) is 17.7 Å². The number of sulfone groups is 1. The molecule has 2 saturated carbocycles. The van der Waals surface area contributed by atoms with Crippen LogP contribution in [0.25, 0.3) is 0 Å². The summed E-state index contributed by atoms with van der Waals surface area (Å²) < 4.78 is 39.8. The van der Waals surface area contributed by atoms with Gasteiger partial charge in [-0.1, -0.05) is 27.5 Å². The van der Waals surface area contributed by atoms with Crippen LogP contribution in [-0.4, -0.2) is 51.6 Å². The third-order valence-corrected chi connectivity index (χ3v) is 9.85. The number of nitrogen functional groups attached to an aromatic ring is 1. The summed E-state index contributed by atoms with van der Waals surface area (Å²) in [4.78, 5) is 13.1. The molecule has 2 aliphatic rings. The Morgan fingerprint density at radius 3 is 2.63 bits per heavy atom. The Morgan fingerprint density at radius 2 is 2.03 bits per heavy atom.